The Kier molecular flexibility index (Phi) is 4.94. The van der Waals surface area contributed by atoms with E-state index >= 15 is 0 Å². The minimum Gasteiger partial charge on any atom is -0.349 e. The molecule has 1 aromatic rings. The molecular formula is C18H25N3O2. The van der Waals surface area contributed by atoms with Gasteiger partial charge in [-0.25, -0.2) is 0 Å². The molecule has 1 aliphatic carbocycles. The Morgan fingerprint density at radius 3 is 2.39 bits per heavy atom. The fourth-order valence-electron chi connectivity index (χ4n) is 3.26. The van der Waals surface area contributed by atoms with E-state index in [9.17, 15) is 9.59 Å². The highest BCUT2D eigenvalue weighted by Crippen LogP contribution is 2.32. The van der Waals surface area contributed by atoms with Crippen molar-refractivity contribution < 1.29 is 9.59 Å². The number of piperidine rings is 1. The average Bonchev–Trinajstić information content (AvgIpc) is 3.45. The minimum atomic E-state index is 0.0224. The third kappa shape index (κ3) is 3.89. The molecular weight excluding hydrogens is 290 g/mol. The molecule has 2 aliphatic rings. The van der Waals surface area contributed by atoms with Crippen molar-refractivity contribution in [2.24, 2.45) is 11.8 Å². The van der Waals surface area contributed by atoms with Gasteiger partial charge >= 0.3 is 0 Å². The zero-order valence-electron chi connectivity index (χ0n) is 13.7. The summed E-state index contributed by atoms with van der Waals surface area (Å²) in [7, 11) is 0. The molecule has 1 aromatic heterocycles. The number of nitrogens with zero attached hydrogens (tertiary/aromatic N) is 2. The summed E-state index contributed by atoms with van der Waals surface area (Å²) >= 11 is 0. The SMILES string of the molecule is CC[C@H](NC(=O)C1CCN(C(=O)C2CC2)CC1)c1ccncc1. The fourth-order valence-corrected chi connectivity index (χ4v) is 3.26. The van der Waals surface area contributed by atoms with Gasteiger partial charge in [-0.3, -0.25) is 14.6 Å². The maximum Gasteiger partial charge on any atom is 0.225 e. The Morgan fingerprint density at radius 2 is 1.83 bits per heavy atom. The normalized spacial score (nSPS) is 20.1. The lowest BCUT2D eigenvalue weighted by molar-refractivity contribution is -0.136. The van der Waals surface area contributed by atoms with Crippen molar-refractivity contribution in [2.45, 2.75) is 45.1 Å². The van der Waals surface area contributed by atoms with Crippen LogP contribution >= 0.6 is 0 Å². The number of carbonyl (C=O) groups excluding carboxylic acids is 2. The first-order valence-corrected chi connectivity index (χ1v) is 8.68. The molecule has 0 aromatic carbocycles. The summed E-state index contributed by atoms with van der Waals surface area (Å²) < 4.78 is 0. The average molecular weight is 315 g/mol. The first kappa shape index (κ1) is 16.0. The number of nitrogens with one attached hydrogen (secondary N) is 1. The lowest BCUT2D eigenvalue weighted by Crippen LogP contribution is -2.44. The Balaban J connectivity index is 1.51. The summed E-state index contributed by atoms with van der Waals surface area (Å²) in [5.74, 6) is 0.713. The van der Waals surface area contributed by atoms with Crippen molar-refractivity contribution in [3.8, 4) is 0 Å². The van der Waals surface area contributed by atoms with Crippen LogP contribution in [0, 0.1) is 11.8 Å². The fraction of sp³-hybridized carbons (Fsp3) is 0.611. The number of hydrogen-bond donors (Lipinski definition) is 1. The molecule has 2 heterocycles. The molecule has 0 spiro atoms. The highest BCUT2D eigenvalue weighted by atomic mass is 16.2. The second-order valence-corrected chi connectivity index (χ2v) is 6.62. The van der Waals surface area contributed by atoms with Crippen molar-refractivity contribution in [3.05, 3.63) is 30.1 Å². The first-order chi connectivity index (χ1) is 11.2. The van der Waals surface area contributed by atoms with Crippen LogP contribution in [0.4, 0.5) is 0 Å². The van der Waals surface area contributed by atoms with E-state index in [1.54, 1.807) is 12.4 Å². The lowest BCUT2D eigenvalue weighted by atomic mass is 9.94. The van der Waals surface area contributed by atoms with Gasteiger partial charge in [-0.05, 0) is 49.8 Å². The van der Waals surface area contributed by atoms with Crippen molar-refractivity contribution in [3.63, 3.8) is 0 Å². The zero-order valence-corrected chi connectivity index (χ0v) is 13.7. The van der Waals surface area contributed by atoms with Crippen LogP contribution in [0.15, 0.2) is 24.5 Å². The van der Waals surface area contributed by atoms with Crippen LogP contribution in [-0.4, -0.2) is 34.8 Å². The maximum absolute atomic E-state index is 12.5. The maximum atomic E-state index is 12.5. The number of hydrogen-bond acceptors (Lipinski definition) is 3. The Morgan fingerprint density at radius 1 is 1.17 bits per heavy atom. The quantitative estimate of drug-likeness (QED) is 0.907. The molecule has 1 aliphatic heterocycles. The monoisotopic (exact) mass is 315 g/mol. The lowest BCUT2D eigenvalue weighted by Gasteiger charge is -2.32. The van der Waals surface area contributed by atoms with Crippen LogP contribution in [-0.2, 0) is 9.59 Å². The number of rotatable bonds is 5. The van der Waals surface area contributed by atoms with Gasteiger partial charge in [0, 0.05) is 37.3 Å². The molecule has 2 fully saturated rings. The predicted molar refractivity (Wildman–Crippen MR) is 87.4 cm³/mol. The number of pyridine rings is 1. The highest BCUT2D eigenvalue weighted by molar-refractivity contribution is 5.82. The van der Waals surface area contributed by atoms with Gasteiger partial charge in [0.15, 0.2) is 0 Å². The van der Waals surface area contributed by atoms with E-state index in [0.29, 0.717) is 5.91 Å². The second kappa shape index (κ2) is 7.11. The number of likely N-dealkylation sites (tertiary alicyclic amines) is 1. The molecule has 124 valence electrons. The molecule has 0 bridgehead atoms. The molecule has 1 atom stereocenters. The molecule has 3 rings (SSSR count). The highest BCUT2D eigenvalue weighted by Gasteiger charge is 2.36. The number of aromatic nitrogens is 1. The van der Waals surface area contributed by atoms with E-state index in [1.165, 1.54) is 0 Å². The summed E-state index contributed by atoms with van der Waals surface area (Å²) in [5, 5.41) is 3.16. The first-order valence-electron chi connectivity index (χ1n) is 8.68. The summed E-state index contributed by atoms with van der Waals surface area (Å²) in [6.07, 6.45) is 8.01. The minimum absolute atomic E-state index is 0.0224. The van der Waals surface area contributed by atoms with Crippen LogP contribution < -0.4 is 5.32 Å². The van der Waals surface area contributed by atoms with Crippen molar-refractivity contribution >= 4 is 11.8 Å². The van der Waals surface area contributed by atoms with Gasteiger partial charge in [-0.15, -0.1) is 0 Å². The summed E-state index contributed by atoms with van der Waals surface area (Å²) in [6, 6.07) is 3.94. The molecule has 1 N–H and O–H groups in total. The number of carbonyl (C=O) groups is 2. The summed E-state index contributed by atoms with van der Waals surface area (Å²) in [6.45, 7) is 3.52. The predicted octanol–water partition coefficient (Wildman–Crippen LogP) is 2.30. The van der Waals surface area contributed by atoms with Gasteiger partial charge in [0.2, 0.25) is 11.8 Å². The van der Waals surface area contributed by atoms with E-state index < -0.39 is 0 Å². The van der Waals surface area contributed by atoms with Gasteiger partial charge in [0.25, 0.3) is 0 Å². The Bertz CT molecular complexity index is 549. The van der Waals surface area contributed by atoms with Gasteiger partial charge in [0.1, 0.15) is 0 Å². The summed E-state index contributed by atoms with van der Waals surface area (Å²) in [5.41, 5.74) is 1.09. The van der Waals surface area contributed by atoms with Gasteiger partial charge < -0.3 is 10.2 Å². The van der Waals surface area contributed by atoms with Crippen molar-refractivity contribution in [1.82, 2.24) is 15.2 Å². The molecule has 2 amide bonds. The second-order valence-electron chi connectivity index (χ2n) is 6.62. The van der Waals surface area contributed by atoms with Crippen molar-refractivity contribution in [1.29, 1.82) is 0 Å². The molecule has 5 heteroatoms. The van der Waals surface area contributed by atoms with Crippen LogP contribution in [0.3, 0.4) is 0 Å². The summed E-state index contributed by atoms with van der Waals surface area (Å²) in [4.78, 5) is 30.6. The standard InChI is InChI=1S/C18H25N3O2/c1-2-16(13-5-9-19-10-6-13)20-17(22)14-7-11-21(12-8-14)18(23)15-3-4-15/h5-6,9-10,14-16H,2-4,7-8,11-12H2,1H3,(H,20,22)/t16-/m0/s1. The Hall–Kier alpha value is -1.91. The zero-order chi connectivity index (χ0) is 16.2. The van der Waals surface area contributed by atoms with Crippen LogP contribution in [0.2, 0.25) is 0 Å². The molecule has 0 radical (unpaired) electrons. The topological polar surface area (TPSA) is 62.3 Å². The van der Waals surface area contributed by atoms with Crippen LogP contribution in [0.25, 0.3) is 0 Å². The molecule has 1 saturated carbocycles. The Labute approximate surface area is 137 Å². The smallest absolute Gasteiger partial charge is 0.225 e. The van der Waals surface area contributed by atoms with Gasteiger partial charge in [-0.2, -0.15) is 0 Å². The molecule has 5 nitrogen and oxygen atoms in total. The molecule has 23 heavy (non-hydrogen) atoms. The third-order valence-corrected chi connectivity index (χ3v) is 4.94. The largest absolute Gasteiger partial charge is 0.349 e. The van der Waals surface area contributed by atoms with Crippen LogP contribution in [0.5, 0.6) is 0 Å². The van der Waals surface area contributed by atoms with Gasteiger partial charge in [0.05, 0.1) is 6.04 Å². The van der Waals surface area contributed by atoms with E-state index in [-0.39, 0.29) is 23.8 Å². The van der Waals surface area contributed by atoms with E-state index in [2.05, 4.69) is 17.2 Å². The van der Waals surface area contributed by atoms with E-state index in [1.807, 2.05) is 17.0 Å². The number of amides is 2. The van der Waals surface area contributed by atoms with Gasteiger partial charge in [-0.1, -0.05) is 6.92 Å². The van der Waals surface area contributed by atoms with E-state index in [4.69, 9.17) is 0 Å². The van der Waals surface area contributed by atoms with Crippen molar-refractivity contribution in [2.75, 3.05) is 13.1 Å². The molecule has 0 unspecified atom stereocenters. The van der Waals surface area contributed by atoms with Crippen LogP contribution in [0.1, 0.15) is 50.6 Å². The molecule has 1 saturated heterocycles. The van der Waals surface area contributed by atoms with E-state index in [0.717, 1.165) is 50.8 Å². The third-order valence-electron chi connectivity index (χ3n) is 4.94.